The minimum absolute atomic E-state index is 0.130. The van der Waals surface area contributed by atoms with Crippen LogP contribution in [0.15, 0.2) is 18.2 Å². The second kappa shape index (κ2) is 7.39. The molecule has 1 saturated carbocycles. The summed E-state index contributed by atoms with van der Waals surface area (Å²) in [5.41, 5.74) is 0.985. The van der Waals surface area contributed by atoms with Crippen LogP contribution in [0.3, 0.4) is 0 Å². The fourth-order valence-electron chi connectivity index (χ4n) is 2.60. The average molecular weight is 279 g/mol. The third-order valence-corrected chi connectivity index (χ3v) is 3.62. The van der Waals surface area contributed by atoms with E-state index in [-0.39, 0.29) is 6.10 Å². The molecule has 2 rings (SSSR count). The molecule has 0 unspecified atom stereocenters. The number of nitrogens with one attached hydrogen (secondary N) is 1. The van der Waals surface area contributed by atoms with E-state index >= 15 is 0 Å². The van der Waals surface area contributed by atoms with E-state index in [0.717, 1.165) is 42.9 Å². The molecule has 0 spiro atoms. The van der Waals surface area contributed by atoms with Crippen LogP contribution in [0.5, 0.6) is 11.5 Å². The number of anilines is 1. The summed E-state index contributed by atoms with van der Waals surface area (Å²) in [4.78, 5) is 0. The normalized spacial score (nSPS) is 22.4. The first kappa shape index (κ1) is 15.0. The Labute approximate surface area is 121 Å². The van der Waals surface area contributed by atoms with Gasteiger partial charge in [-0.05, 0) is 51.7 Å². The van der Waals surface area contributed by atoms with Gasteiger partial charge in [-0.15, -0.1) is 0 Å². The van der Waals surface area contributed by atoms with E-state index in [9.17, 15) is 5.11 Å². The van der Waals surface area contributed by atoms with Crippen LogP contribution in [-0.2, 0) is 0 Å². The standard InChI is InChI=1S/C16H25NO3/c1-3-19-14-9-10-16(20-4-2)15(11-14)17-12-5-7-13(18)8-6-12/h9-13,17-18H,3-8H2,1-2H3. The van der Waals surface area contributed by atoms with Crippen molar-refractivity contribution in [3.8, 4) is 11.5 Å². The third-order valence-electron chi connectivity index (χ3n) is 3.62. The lowest BCUT2D eigenvalue weighted by Gasteiger charge is -2.28. The van der Waals surface area contributed by atoms with E-state index in [1.54, 1.807) is 0 Å². The van der Waals surface area contributed by atoms with E-state index in [2.05, 4.69) is 5.32 Å². The van der Waals surface area contributed by atoms with Gasteiger partial charge in [0.2, 0.25) is 0 Å². The first-order chi connectivity index (χ1) is 9.72. The molecule has 0 amide bonds. The predicted molar refractivity (Wildman–Crippen MR) is 80.7 cm³/mol. The number of ether oxygens (including phenoxy) is 2. The highest BCUT2D eigenvalue weighted by atomic mass is 16.5. The lowest BCUT2D eigenvalue weighted by atomic mass is 9.93. The Morgan fingerprint density at radius 1 is 1.10 bits per heavy atom. The van der Waals surface area contributed by atoms with Crippen molar-refractivity contribution in [3.05, 3.63) is 18.2 Å². The Kier molecular flexibility index (Phi) is 5.53. The second-order valence-electron chi connectivity index (χ2n) is 5.17. The largest absolute Gasteiger partial charge is 0.494 e. The van der Waals surface area contributed by atoms with Crippen LogP contribution in [-0.4, -0.2) is 30.5 Å². The summed E-state index contributed by atoms with van der Waals surface area (Å²) in [6.45, 7) is 5.26. The van der Waals surface area contributed by atoms with Crippen LogP contribution in [0.2, 0.25) is 0 Å². The topological polar surface area (TPSA) is 50.7 Å². The highest BCUT2D eigenvalue weighted by Crippen LogP contribution is 2.32. The molecule has 0 saturated heterocycles. The number of aliphatic hydroxyl groups is 1. The Morgan fingerprint density at radius 2 is 1.80 bits per heavy atom. The number of hydrogen-bond donors (Lipinski definition) is 2. The summed E-state index contributed by atoms with van der Waals surface area (Å²) in [5, 5.41) is 13.1. The summed E-state index contributed by atoms with van der Waals surface area (Å²) >= 11 is 0. The molecular formula is C16H25NO3. The van der Waals surface area contributed by atoms with Crippen LogP contribution in [0.4, 0.5) is 5.69 Å². The van der Waals surface area contributed by atoms with Crippen LogP contribution < -0.4 is 14.8 Å². The van der Waals surface area contributed by atoms with Crippen molar-refractivity contribution in [3.63, 3.8) is 0 Å². The van der Waals surface area contributed by atoms with Crippen LogP contribution >= 0.6 is 0 Å². The summed E-state index contributed by atoms with van der Waals surface area (Å²) < 4.78 is 11.2. The summed E-state index contributed by atoms with van der Waals surface area (Å²) in [6, 6.07) is 6.28. The maximum absolute atomic E-state index is 9.57. The minimum atomic E-state index is -0.130. The average Bonchev–Trinajstić information content (AvgIpc) is 2.45. The molecule has 0 aromatic heterocycles. The molecule has 1 aliphatic carbocycles. The molecule has 112 valence electrons. The fourth-order valence-corrected chi connectivity index (χ4v) is 2.60. The van der Waals surface area contributed by atoms with E-state index in [0.29, 0.717) is 19.3 Å². The first-order valence-electron chi connectivity index (χ1n) is 7.57. The zero-order valence-electron chi connectivity index (χ0n) is 12.4. The smallest absolute Gasteiger partial charge is 0.142 e. The van der Waals surface area contributed by atoms with Crippen molar-refractivity contribution in [1.82, 2.24) is 0 Å². The molecular weight excluding hydrogens is 254 g/mol. The van der Waals surface area contributed by atoms with Gasteiger partial charge >= 0.3 is 0 Å². The lowest BCUT2D eigenvalue weighted by Crippen LogP contribution is -2.28. The van der Waals surface area contributed by atoms with Gasteiger partial charge in [0.1, 0.15) is 11.5 Å². The first-order valence-corrected chi connectivity index (χ1v) is 7.57. The highest BCUT2D eigenvalue weighted by molar-refractivity contribution is 5.60. The van der Waals surface area contributed by atoms with Crippen molar-refractivity contribution < 1.29 is 14.6 Å². The van der Waals surface area contributed by atoms with Gasteiger partial charge in [0.05, 0.1) is 25.0 Å². The van der Waals surface area contributed by atoms with Gasteiger partial charge in [0, 0.05) is 12.1 Å². The minimum Gasteiger partial charge on any atom is -0.494 e. The van der Waals surface area contributed by atoms with Gasteiger partial charge in [-0.3, -0.25) is 0 Å². The zero-order valence-corrected chi connectivity index (χ0v) is 12.4. The van der Waals surface area contributed by atoms with Gasteiger partial charge in [0.25, 0.3) is 0 Å². The van der Waals surface area contributed by atoms with E-state index in [1.807, 2.05) is 32.0 Å². The molecule has 0 bridgehead atoms. The summed E-state index contributed by atoms with van der Waals surface area (Å²) in [6.07, 6.45) is 3.59. The number of benzene rings is 1. The maximum atomic E-state index is 9.57. The highest BCUT2D eigenvalue weighted by Gasteiger charge is 2.20. The lowest BCUT2D eigenvalue weighted by molar-refractivity contribution is 0.126. The molecule has 4 heteroatoms. The number of rotatable bonds is 6. The summed E-state index contributed by atoms with van der Waals surface area (Å²) in [5.74, 6) is 1.72. The molecule has 4 nitrogen and oxygen atoms in total. The molecule has 2 N–H and O–H groups in total. The van der Waals surface area contributed by atoms with E-state index < -0.39 is 0 Å². The molecule has 1 aliphatic rings. The number of hydrogen-bond acceptors (Lipinski definition) is 4. The zero-order chi connectivity index (χ0) is 14.4. The van der Waals surface area contributed by atoms with Gasteiger partial charge in [-0.1, -0.05) is 0 Å². The number of aliphatic hydroxyl groups excluding tert-OH is 1. The second-order valence-corrected chi connectivity index (χ2v) is 5.17. The van der Waals surface area contributed by atoms with E-state index in [1.165, 1.54) is 0 Å². The SMILES string of the molecule is CCOc1ccc(OCC)c(NC2CCC(O)CC2)c1. The molecule has 1 aromatic carbocycles. The van der Waals surface area contributed by atoms with Crippen LogP contribution in [0.1, 0.15) is 39.5 Å². The molecule has 1 aromatic rings. The summed E-state index contributed by atoms with van der Waals surface area (Å²) in [7, 11) is 0. The van der Waals surface area contributed by atoms with Crippen LogP contribution in [0.25, 0.3) is 0 Å². The molecule has 20 heavy (non-hydrogen) atoms. The van der Waals surface area contributed by atoms with Crippen molar-refractivity contribution in [2.75, 3.05) is 18.5 Å². The molecule has 0 aliphatic heterocycles. The van der Waals surface area contributed by atoms with Crippen molar-refractivity contribution in [2.45, 2.75) is 51.7 Å². The Hall–Kier alpha value is -1.42. The molecule has 0 radical (unpaired) electrons. The monoisotopic (exact) mass is 279 g/mol. The Bertz CT molecular complexity index is 414. The fraction of sp³-hybridized carbons (Fsp3) is 0.625. The predicted octanol–water partition coefficient (Wildman–Crippen LogP) is 3.20. The van der Waals surface area contributed by atoms with Crippen molar-refractivity contribution in [1.29, 1.82) is 0 Å². The van der Waals surface area contributed by atoms with Gasteiger partial charge < -0.3 is 19.9 Å². The maximum Gasteiger partial charge on any atom is 0.142 e. The van der Waals surface area contributed by atoms with Gasteiger partial charge in [-0.2, -0.15) is 0 Å². The van der Waals surface area contributed by atoms with Crippen LogP contribution in [0, 0.1) is 0 Å². The Morgan fingerprint density at radius 3 is 2.45 bits per heavy atom. The van der Waals surface area contributed by atoms with Gasteiger partial charge in [-0.25, -0.2) is 0 Å². The molecule has 1 fully saturated rings. The van der Waals surface area contributed by atoms with Crippen molar-refractivity contribution in [2.24, 2.45) is 0 Å². The molecule has 0 heterocycles. The Balaban J connectivity index is 2.08. The van der Waals surface area contributed by atoms with E-state index in [4.69, 9.17) is 9.47 Å². The van der Waals surface area contributed by atoms with Gasteiger partial charge in [0.15, 0.2) is 0 Å². The van der Waals surface area contributed by atoms with Crippen molar-refractivity contribution >= 4 is 5.69 Å². The third kappa shape index (κ3) is 4.04. The quantitative estimate of drug-likeness (QED) is 0.839. The molecule has 0 atom stereocenters.